The van der Waals surface area contributed by atoms with Crippen LogP contribution < -0.4 is 5.32 Å². The van der Waals surface area contributed by atoms with Gasteiger partial charge in [0.15, 0.2) is 5.13 Å². The summed E-state index contributed by atoms with van der Waals surface area (Å²) in [7, 11) is 1.45. The van der Waals surface area contributed by atoms with E-state index < -0.39 is 17.5 Å². The summed E-state index contributed by atoms with van der Waals surface area (Å²) in [6.45, 7) is 6.88. The first kappa shape index (κ1) is 15.4. The lowest BCUT2D eigenvalue weighted by Crippen LogP contribution is -2.52. The zero-order chi connectivity index (χ0) is 14.8. The van der Waals surface area contributed by atoms with Gasteiger partial charge in [0.2, 0.25) is 0 Å². The Kier molecular flexibility index (Phi) is 4.52. The van der Waals surface area contributed by atoms with Crippen LogP contribution in [-0.4, -0.2) is 39.6 Å². The number of anilines is 1. The highest BCUT2D eigenvalue weighted by atomic mass is 32.1. The number of carboxylic acid groups (broad SMARTS) is 1. The predicted octanol–water partition coefficient (Wildman–Crippen LogP) is 2.34. The average molecular weight is 285 g/mol. The molecule has 0 saturated heterocycles. The number of aryl methyl sites for hydroxylation is 2. The number of carboxylic acids is 1. The van der Waals surface area contributed by atoms with E-state index in [1.165, 1.54) is 32.2 Å². The van der Waals surface area contributed by atoms with Gasteiger partial charge in [0, 0.05) is 11.9 Å². The molecule has 1 aromatic rings. The van der Waals surface area contributed by atoms with Gasteiger partial charge in [-0.1, -0.05) is 6.92 Å². The van der Waals surface area contributed by atoms with Crippen molar-refractivity contribution in [2.24, 2.45) is 0 Å². The Morgan fingerprint density at radius 2 is 2.05 bits per heavy atom. The lowest BCUT2D eigenvalue weighted by atomic mass is 10.1. The highest BCUT2D eigenvalue weighted by Crippen LogP contribution is 2.23. The first-order chi connectivity index (χ1) is 8.70. The number of aliphatic carboxylic acids is 1. The summed E-state index contributed by atoms with van der Waals surface area (Å²) in [5.41, 5.74) is -0.329. The number of nitrogens with zero attached hydrogens (tertiary/aromatic N) is 2. The molecule has 2 amide bonds. The van der Waals surface area contributed by atoms with E-state index in [4.69, 9.17) is 5.11 Å². The second-order valence-electron chi connectivity index (χ2n) is 4.73. The fourth-order valence-corrected chi connectivity index (χ4v) is 2.27. The van der Waals surface area contributed by atoms with Crippen molar-refractivity contribution in [3.8, 4) is 0 Å². The maximum absolute atomic E-state index is 12.0. The van der Waals surface area contributed by atoms with Crippen molar-refractivity contribution in [2.75, 3.05) is 12.4 Å². The summed E-state index contributed by atoms with van der Waals surface area (Å²) in [4.78, 5) is 29.6. The molecular formula is C12H19N3O3S. The van der Waals surface area contributed by atoms with Gasteiger partial charge in [-0.05, 0) is 27.2 Å². The van der Waals surface area contributed by atoms with Gasteiger partial charge in [0.25, 0.3) is 0 Å². The van der Waals surface area contributed by atoms with Crippen LogP contribution in [0.4, 0.5) is 9.93 Å². The number of likely N-dealkylation sites (N-methyl/N-ethyl adjacent to an activating group) is 1. The monoisotopic (exact) mass is 285 g/mol. The van der Waals surface area contributed by atoms with Crippen LogP contribution >= 0.6 is 11.3 Å². The largest absolute Gasteiger partial charge is 0.480 e. The van der Waals surface area contributed by atoms with Gasteiger partial charge in [-0.2, -0.15) is 0 Å². The molecule has 1 aromatic heterocycles. The number of nitrogens with one attached hydrogen (secondary N) is 1. The standard InChI is InChI=1S/C12H19N3O3S/c1-6-8-7(2)19-10(13-8)14-11(18)15(5)12(3,4)9(16)17/h6H2,1-5H3,(H,16,17)(H,13,14,18). The molecule has 0 aliphatic rings. The maximum atomic E-state index is 12.0. The van der Waals surface area contributed by atoms with Gasteiger partial charge < -0.3 is 10.0 Å². The minimum absolute atomic E-state index is 0.483. The summed E-state index contributed by atoms with van der Waals surface area (Å²) in [5, 5.41) is 12.2. The van der Waals surface area contributed by atoms with Gasteiger partial charge in [0.05, 0.1) is 5.69 Å². The summed E-state index contributed by atoms with van der Waals surface area (Å²) >= 11 is 1.39. The number of hydrogen-bond acceptors (Lipinski definition) is 4. The van der Waals surface area contributed by atoms with Crippen LogP contribution in [0.1, 0.15) is 31.3 Å². The lowest BCUT2D eigenvalue weighted by Gasteiger charge is -2.31. The van der Waals surface area contributed by atoms with E-state index in [0.29, 0.717) is 5.13 Å². The van der Waals surface area contributed by atoms with Crippen molar-refractivity contribution in [3.63, 3.8) is 0 Å². The molecule has 0 spiro atoms. The quantitative estimate of drug-likeness (QED) is 0.889. The molecule has 106 valence electrons. The molecule has 0 bridgehead atoms. The molecule has 0 saturated carbocycles. The topological polar surface area (TPSA) is 82.5 Å². The Morgan fingerprint density at radius 3 is 2.47 bits per heavy atom. The Hall–Kier alpha value is -1.63. The fourth-order valence-electron chi connectivity index (χ4n) is 1.38. The third kappa shape index (κ3) is 3.23. The normalized spacial score (nSPS) is 11.2. The molecule has 0 aliphatic carbocycles. The molecule has 0 aromatic carbocycles. The Labute approximate surface area is 116 Å². The fraction of sp³-hybridized carbons (Fsp3) is 0.583. The summed E-state index contributed by atoms with van der Waals surface area (Å²) in [6, 6.07) is -0.483. The van der Waals surface area contributed by atoms with Crippen LogP contribution in [0, 0.1) is 6.92 Å². The Balaban J connectivity index is 2.82. The van der Waals surface area contributed by atoms with E-state index in [1.807, 2.05) is 13.8 Å². The molecule has 6 nitrogen and oxygen atoms in total. The molecule has 0 radical (unpaired) electrons. The molecule has 1 rings (SSSR count). The smallest absolute Gasteiger partial charge is 0.329 e. The molecule has 0 fully saturated rings. The van der Waals surface area contributed by atoms with Gasteiger partial charge >= 0.3 is 12.0 Å². The van der Waals surface area contributed by atoms with Gasteiger partial charge in [-0.3, -0.25) is 5.32 Å². The summed E-state index contributed by atoms with van der Waals surface area (Å²) in [6.07, 6.45) is 0.800. The highest BCUT2D eigenvalue weighted by molar-refractivity contribution is 7.15. The van der Waals surface area contributed by atoms with Crippen molar-refractivity contribution in [2.45, 2.75) is 39.7 Å². The number of hydrogen-bond donors (Lipinski definition) is 2. The highest BCUT2D eigenvalue weighted by Gasteiger charge is 2.35. The third-order valence-electron chi connectivity index (χ3n) is 3.11. The van der Waals surface area contributed by atoms with Gasteiger partial charge in [0.1, 0.15) is 5.54 Å². The molecular weight excluding hydrogens is 266 g/mol. The molecule has 1 heterocycles. The van der Waals surface area contributed by atoms with Crippen molar-refractivity contribution < 1.29 is 14.7 Å². The second-order valence-corrected chi connectivity index (χ2v) is 5.93. The number of carbonyl (C=O) groups excluding carboxylic acids is 1. The zero-order valence-corrected chi connectivity index (χ0v) is 12.6. The number of urea groups is 1. The van der Waals surface area contributed by atoms with E-state index in [-0.39, 0.29) is 0 Å². The van der Waals surface area contributed by atoms with Crippen LogP contribution in [-0.2, 0) is 11.2 Å². The molecule has 7 heteroatoms. The minimum atomic E-state index is -1.27. The molecule has 0 unspecified atom stereocenters. The first-order valence-corrected chi connectivity index (χ1v) is 6.76. The van der Waals surface area contributed by atoms with E-state index in [9.17, 15) is 9.59 Å². The van der Waals surface area contributed by atoms with E-state index >= 15 is 0 Å². The SMILES string of the molecule is CCc1nc(NC(=O)N(C)C(C)(C)C(=O)O)sc1C. The van der Waals surface area contributed by atoms with Crippen LogP contribution in [0.25, 0.3) is 0 Å². The summed E-state index contributed by atoms with van der Waals surface area (Å²) < 4.78 is 0. The number of thiazole rings is 1. The number of amides is 2. The minimum Gasteiger partial charge on any atom is -0.480 e. The van der Waals surface area contributed by atoms with Crippen molar-refractivity contribution >= 4 is 28.5 Å². The molecule has 2 N–H and O–H groups in total. The van der Waals surface area contributed by atoms with Gasteiger partial charge in [-0.25, -0.2) is 14.6 Å². The molecule has 0 aliphatic heterocycles. The number of carbonyl (C=O) groups is 2. The predicted molar refractivity (Wildman–Crippen MR) is 74.7 cm³/mol. The van der Waals surface area contributed by atoms with Crippen LogP contribution in [0.3, 0.4) is 0 Å². The second kappa shape index (κ2) is 5.56. The molecule has 0 atom stereocenters. The molecule has 19 heavy (non-hydrogen) atoms. The van der Waals surface area contributed by atoms with Crippen LogP contribution in [0.2, 0.25) is 0 Å². The number of rotatable bonds is 4. The van der Waals surface area contributed by atoms with Crippen molar-refractivity contribution in [3.05, 3.63) is 10.6 Å². The maximum Gasteiger partial charge on any atom is 0.329 e. The van der Waals surface area contributed by atoms with E-state index in [0.717, 1.165) is 21.9 Å². The zero-order valence-electron chi connectivity index (χ0n) is 11.8. The Morgan fingerprint density at radius 1 is 1.47 bits per heavy atom. The van der Waals surface area contributed by atoms with Crippen LogP contribution in [0.5, 0.6) is 0 Å². The van der Waals surface area contributed by atoms with Crippen LogP contribution in [0.15, 0.2) is 0 Å². The van der Waals surface area contributed by atoms with Crippen molar-refractivity contribution in [1.29, 1.82) is 0 Å². The van der Waals surface area contributed by atoms with E-state index in [1.54, 1.807) is 0 Å². The first-order valence-electron chi connectivity index (χ1n) is 5.94. The van der Waals surface area contributed by atoms with E-state index in [2.05, 4.69) is 10.3 Å². The van der Waals surface area contributed by atoms with Gasteiger partial charge in [-0.15, -0.1) is 11.3 Å². The lowest BCUT2D eigenvalue weighted by molar-refractivity contribution is -0.146. The van der Waals surface area contributed by atoms with Crippen molar-refractivity contribution in [1.82, 2.24) is 9.88 Å². The third-order valence-corrected chi connectivity index (χ3v) is 4.04. The summed E-state index contributed by atoms with van der Waals surface area (Å²) in [5.74, 6) is -1.06. The average Bonchev–Trinajstić information content (AvgIpc) is 2.67. The Bertz CT molecular complexity index is 496. The number of aromatic nitrogens is 1.